The Morgan fingerprint density at radius 1 is 1.32 bits per heavy atom. The van der Waals surface area contributed by atoms with E-state index < -0.39 is 17.2 Å². The molecule has 0 amide bonds. The zero-order valence-corrected chi connectivity index (χ0v) is 18.4. The van der Waals surface area contributed by atoms with Crippen molar-refractivity contribution in [2.24, 2.45) is 4.99 Å². The monoisotopic (exact) mass is 439 g/mol. The van der Waals surface area contributed by atoms with E-state index in [2.05, 4.69) is 4.99 Å². The van der Waals surface area contributed by atoms with Crippen molar-refractivity contribution in [3.63, 3.8) is 0 Å². The van der Waals surface area contributed by atoms with Crippen LogP contribution in [-0.2, 0) is 16.8 Å². The first-order valence-electron chi connectivity index (χ1n) is 10.6. The smallest absolute Gasteiger partial charge is 0.338 e. The van der Waals surface area contributed by atoms with Crippen molar-refractivity contribution in [3.8, 4) is 5.75 Å². The van der Waals surface area contributed by atoms with Crippen molar-refractivity contribution in [2.75, 3.05) is 6.61 Å². The molecule has 5 nitrogen and oxygen atoms in total. The molecule has 0 aliphatic carbocycles. The number of fused-ring (bicyclic) bond motifs is 1. The molecule has 0 radical (unpaired) electrons. The number of hydrogen-bond donors (Lipinski definition) is 1. The Morgan fingerprint density at radius 3 is 2.81 bits per heavy atom. The van der Waals surface area contributed by atoms with Gasteiger partial charge in [0.05, 0.1) is 12.2 Å². The van der Waals surface area contributed by atoms with Crippen LogP contribution < -0.4 is 4.74 Å². The number of aliphatic hydroxyl groups is 1. The number of hydrogen-bond acceptors (Lipinski definition) is 5. The summed E-state index contributed by atoms with van der Waals surface area (Å²) in [6.07, 6.45) is 6.70. The van der Waals surface area contributed by atoms with Crippen molar-refractivity contribution >= 4 is 23.8 Å². The lowest BCUT2D eigenvalue weighted by atomic mass is 9.68. The molecule has 2 heterocycles. The summed E-state index contributed by atoms with van der Waals surface area (Å²) in [4.78, 5) is 16.8. The molecule has 2 aliphatic heterocycles. The molecular weight excluding hydrogens is 414 g/mol. The number of halogens is 1. The first-order valence-corrected chi connectivity index (χ1v) is 11.0. The minimum Gasteiger partial charge on any atom is -0.487 e. The van der Waals surface area contributed by atoms with Crippen LogP contribution in [0.4, 0.5) is 0 Å². The van der Waals surface area contributed by atoms with Gasteiger partial charge in [-0.2, -0.15) is 0 Å². The minimum atomic E-state index is -1.47. The summed E-state index contributed by atoms with van der Waals surface area (Å²) >= 11 is 6.57. The normalized spacial score (nSPS) is 23.7. The summed E-state index contributed by atoms with van der Waals surface area (Å²) in [5, 5.41) is 12.8. The molecule has 0 bridgehead atoms. The highest BCUT2D eigenvalue weighted by molar-refractivity contribution is 6.31. The number of esters is 1. The molecule has 0 fully saturated rings. The molecular formula is C25H26ClNO4. The third-order valence-corrected chi connectivity index (χ3v) is 6.56. The molecule has 2 aromatic rings. The van der Waals surface area contributed by atoms with E-state index in [1.807, 2.05) is 37.3 Å². The number of aryl methyl sites for hydroxylation is 1. The molecule has 3 unspecified atom stereocenters. The topological polar surface area (TPSA) is 68.1 Å². The van der Waals surface area contributed by atoms with Crippen LogP contribution in [0, 0.1) is 0 Å². The van der Waals surface area contributed by atoms with Gasteiger partial charge in [0.15, 0.2) is 5.60 Å². The largest absolute Gasteiger partial charge is 0.487 e. The Kier molecular flexibility index (Phi) is 5.91. The van der Waals surface area contributed by atoms with Crippen LogP contribution in [0.3, 0.4) is 0 Å². The quantitative estimate of drug-likeness (QED) is 0.651. The lowest BCUT2D eigenvalue weighted by molar-refractivity contribution is -0.113. The van der Waals surface area contributed by atoms with Gasteiger partial charge in [-0.15, -0.1) is 0 Å². The summed E-state index contributed by atoms with van der Waals surface area (Å²) in [5.74, 6) is 0.294. The van der Waals surface area contributed by atoms with Crippen LogP contribution in [0.2, 0.25) is 5.02 Å². The van der Waals surface area contributed by atoms with Crippen LogP contribution in [0.1, 0.15) is 48.2 Å². The Morgan fingerprint density at radius 2 is 2.13 bits per heavy atom. The number of nitrogens with zero attached hydrogens (tertiary/aromatic N) is 1. The predicted octanol–water partition coefficient (Wildman–Crippen LogP) is 4.89. The first kappa shape index (κ1) is 21.6. The number of allylic oxidation sites excluding steroid dienone is 1. The third kappa shape index (κ3) is 3.56. The van der Waals surface area contributed by atoms with E-state index in [9.17, 15) is 9.90 Å². The van der Waals surface area contributed by atoms with Crippen LogP contribution in [-0.4, -0.2) is 35.5 Å². The molecule has 0 aromatic heterocycles. The maximum absolute atomic E-state index is 12.3. The molecule has 3 atom stereocenters. The molecule has 162 valence electrons. The van der Waals surface area contributed by atoms with Gasteiger partial charge in [0, 0.05) is 16.8 Å². The molecule has 6 heteroatoms. The Bertz CT molecular complexity index is 1040. The Balaban J connectivity index is 1.75. The second kappa shape index (κ2) is 8.48. The van der Waals surface area contributed by atoms with Gasteiger partial charge in [-0.3, -0.25) is 4.99 Å². The van der Waals surface area contributed by atoms with Gasteiger partial charge in [0.25, 0.3) is 0 Å². The molecule has 0 spiro atoms. The van der Waals surface area contributed by atoms with E-state index in [1.54, 1.807) is 37.4 Å². The van der Waals surface area contributed by atoms with Crippen LogP contribution in [0.5, 0.6) is 5.75 Å². The predicted molar refractivity (Wildman–Crippen MR) is 121 cm³/mol. The highest BCUT2D eigenvalue weighted by Gasteiger charge is 2.57. The SMILES string of the molecule is CCOC(=O)c1ccc2c(c1)CCC(C(O)(c1ccccc1Cl)C1(CC)C=CC=N1)O2. The molecule has 1 N–H and O–H groups in total. The Labute approximate surface area is 187 Å². The lowest BCUT2D eigenvalue weighted by Crippen LogP contribution is -2.58. The van der Waals surface area contributed by atoms with Gasteiger partial charge < -0.3 is 14.6 Å². The number of aliphatic imine (C=N–C) groups is 1. The van der Waals surface area contributed by atoms with Crippen molar-refractivity contribution in [2.45, 2.75) is 50.4 Å². The van der Waals surface area contributed by atoms with E-state index in [0.29, 0.717) is 47.8 Å². The Hall–Kier alpha value is -2.63. The number of carbonyl (C=O) groups is 1. The average molecular weight is 440 g/mol. The third-order valence-electron chi connectivity index (χ3n) is 6.23. The summed E-state index contributed by atoms with van der Waals surface area (Å²) < 4.78 is 11.5. The van der Waals surface area contributed by atoms with Crippen LogP contribution >= 0.6 is 11.6 Å². The minimum absolute atomic E-state index is 0.326. The molecule has 0 saturated heterocycles. The van der Waals surface area contributed by atoms with Gasteiger partial charge in [-0.25, -0.2) is 4.79 Å². The van der Waals surface area contributed by atoms with Gasteiger partial charge in [0.2, 0.25) is 0 Å². The fourth-order valence-electron chi connectivity index (χ4n) is 4.61. The standard InChI is InChI=1S/C25H26ClNO4/c1-3-24(14-7-15-27-24)25(29,19-8-5-6-9-20(19)26)22-13-11-17-16-18(23(28)30-4-2)10-12-21(17)31-22/h5-10,12,14-16,22,29H,3-4,11,13H2,1-2H3. The maximum atomic E-state index is 12.3. The summed E-state index contributed by atoms with van der Waals surface area (Å²) in [6, 6.07) is 12.6. The fraction of sp³-hybridized carbons (Fsp3) is 0.360. The van der Waals surface area contributed by atoms with Gasteiger partial charge >= 0.3 is 5.97 Å². The first-order chi connectivity index (χ1) is 14.9. The van der Waals surface area contributed by atoms with Crippen molar-refractivity contribution in [1.29, 1.82) is 0 Å². The maximum Gasteiger partial charge on any atom is 0.338 e. The highest BCUT2D eigenvalue weighted by Crippen LogP contribution is 2.49. The van der Waals surface area contributed by atoms with E-state index in [-0.39, 0.29) is 5.97 Å². The van der Waals surface area contributed by atoms with Crippen molar-refractivity contribution in [3.05, 3.63) is 76.3 Å². The molecule has 0 saturated carbocycles. The number of ether oxygens (including phenoxy) is 2. The van der Waals surface area contributed by atoms with Gasteiger partial charge in [-0.1, -0.05) is 42.8 Å². The number of benzene rings is 2. The molecule has 2 aliphatic rings. The number of rotatable bonds is 6. The zero-order chi connectivity index (χ0) is 22.1. The van der Waals surface area contributed by atoms with Crippen LogP contribution in [0.25, 0.3) is 0 Å². The second-order valence-corrected chi connectivity index (χ2v) is 8.26. The fourth-order valence-corrected chi connectivity index (χ4v) is 4.89. The molecule has 31 heavy (non-hydrogen) atoms. The van der Waals surface area contributed by atoms with E-state index in [4.69, 9.17) is 21.1 Å². The van der Waals surface area contributed by atoms with Crippen LogP contribution in [0.15, 0.2) is 59.6 Å². The van der Waals surface area contributed by atoms with E-state index >= 15 is 0 Å². The summed E-state index contributed by atoms with van der Waals surface area (Å²) in [6.45, 7) is 4.10. The lowest BCUT2D eigenvalue weighted by Gasteiger charge is -2.48. The number of carbonyl (C=O) groups excluding carboxylic acids is 1. The zero-order valence-electron chi connectivity index (χ0n) is 17.7. The van der Waals surface area contributed by atoms with Gasteiger partial charge in [0.1, 0.15) is 17.4 Å². The van der Waals surface area contributed by atoms with E-state index in [1.165, 1.54) is 0 Å². The highest BCUT2D eigenvalue weighted by atomic mass is 35.5. The summed E-state index contributed by atoms with van der Waals surface area (Å²) in [5.41, 5.74) is -0.345. The van der Waals surface area contributed by atoms with Crippen molar-refractivity contribution < 1.29 is 19.4 Å². The molecule has 2 aromatic carbocycles. The van der Waals surface area contributed by atoms with E-state index in [0.717, 1.165) is 5.56 Å². The van der Waals surface area contributed by atoms with Gasteiger partial charge in [-0.05, 0) is 62.1 Å². The average Bonchev–Trinajstić information content (AvgIpc) is 3.29. The second-order valence-electron chi connectivity index (χ2n) is 7.85. The summed E-state index contributed by atoms with van der Waals surface area (Å²) in [7, 11) is 0. The molecule has 4 rings (SSSR count). The van der Waals surface area contributed by atoms with Crippen molar-refractivity contribution in [1.82, 2.24) is 0 Å².